The van der Waals surface area contributed by atoms with Crippen LogP contribution in [0.4, 0.5) is 0 Å². The first-order valence-electron chi connectivity index (χ1n) is 6.06. The molecule has 0 atom stereocenters. The molecule has 0 bridgehead atoms. The summed E-state index contributed by atoms with van der Waals surface area (Å²) in [5.74, 6) is 0.226. The van der Waals surface area contributed by atoms with Gasteiger partial charge in [-0.25, -0.2) is 14.8 Å². The van der Waals surface area contributed by atoms with E-state index in [4.69, 9.17) is 4.74 Å². The Bertz CT molecular complexity index is 597. The highest BCUT2D eigenvalue weighted by molar-refractivity contribution is 5.97. The second-order valence-corrected chi connectivity index (χ2v) is 4.04. The van der Waals surface area contributed by atoms with Gasteiger partial charge < -0.3 is 4.74 Å². The van der Waals surface area contributed by atoms with Gasteiger partial charge in [0.25, 0.3) is 0 Å². The lowest BCUT2D eigenvalue weighted by Gasteiger charge is -2.11. The third-order valence-corrected chi connectivity index (χ3v) is 2.64. The van der Waals surface area contributed by atoms with Gasteiger partial charge in [-0.3, -0.25) is 4.98 Å². The lowest BCUT2D eigenvalue weighted by molar-refractivity contribution is 0.0525. The van der Waals surface area contributed by atoms with E-state index in [1.165, 1.54) is 0 Å². The third-order valence-electron chi connectivity index (χ3n) is 2.64. The van der Waals surface area contributed by atoms with E-state index >= 15 is 0 Å². The molecule has 0 saturated heterocycles. The van der Waals surface area contributed by atoms with E-state index in [1.54, 1.807) is 33.2 Å². The second kappa shape index (κ2) is 5.56. The zero-order chi connectivity index (χ0) is 13.8. The van der Waals surface area contributed by atoms with Crippen LogP contribution in [0.1, 0.15) is 28.8 Å². The number of carbonyl (C=O) groups is 1. The first-order chi connectivity index (χ1) is 9.13. The molecule has 2 heterocycles. The molecule has 5 nitrogen and oxygen atoms in total. The van der Waals surface area contributed by atoms with Crippen molar-refractivity contribution in [2.45, 2.75) is 20.8 Å². The molecule has 0 unspecified atom stereocenters. The summed E-state index contributed by atoms with van der Waals surface area (Å²) in [6.07, 6.45) is 3.33. The van der Waals surface area contributed by atoms with Gasteiger partial charge >= 0.3 is 5.97 Å². The molecule has 5 heteroatoms. The van der Waals surface area contributed by atoms with Crippen molar-refractivity contribution in [1.82, 2.24) is 15.0 Å². The van der Waals surface area contributed by atoms with Crippen molar-refractivity contribution in [3.8, 4) is 11.3 Å². The Hall–Kier alpha value is -2.30. The van der Waals surface area contributed by atoms with Crippen LogP contribution in [0.2, 0.25) is 0 Å². The van der Waals surface area contributed by atoms with E-state index in [9.17, 15) is 4.79 Å². The maximum absolute atomic E-state index is 12.1. The predicted molar refractivity (Wildman–Crippen MR) is 70.7 cm³/mol. The first-order valence-corrected chi connectivity index (χ1v) is 6.06. The van der Waals surface area contributed by atoms with E-state index in [0.717, 1.165) is 5.56 Å². The van der Waals surface area contributed by atoms with Gasteiger partial charge in [0.15, 0.2) is 0 Å². The van der Waals surface area contributed by atoms with Crippen molar-refractivity contribution < 1.29 is 9.53 Å². The molecule has 0 aliphatic heterocycles. The van der Waals surface area contributed by atoms with Gasteiger partial charge in [-0.15, -0.1) is 0 Å². The summed E-state index contributed by atoms with van der Waals surface area (Å²) >= 11 is 0. The average molecular weight is 257 g/mol. The van der Waals surface area contributed by atoms with E-state index in [0.29, 0.717) is 29.4 Å². The second-order valence-electron chi connectivity index (χ2n) is 4.04. The topological polar surface area (TPSA) is 65.0 Å². The molecular formula is C14H15N3O2. The molecule has 0 spiro atoms. The van der Waals surface area contributed by atoms with Gasteiger partial charge in [-0.1, -0.05) is 0 Å². The summed E-state index contributed by atoms with van der Waals surface area (Å²) in [5, 5.41) is 0. The molecule has 2 aromatic rings. The van der Waals surface area contributed by atoms with Crippen LogP contribution >= 0.6 is 0 Å². The van der Waals surface area contributed by atoms with Gasteiger partial charge in [0.05, 0.1) is 18.0 Å². The van der Waals surface area contributed by atoms with Gasteiger partial charge in [0.2, 0.25) is 0 Å². The number of esters is 1. The SMILES string of the molecule is CCOC(=O)c1c(C)nc(C)nc1-c1ccncc1. The van der Waals surface area contributed by atoms with Crippen molar-refractivity contribution in [2.75, 3.05) is 6.61 Å². The molecule has 0 saturated carbocycles. The summed E-state index contributed by atoms with van der Waals surface area (Å²) in [4.78, 5) is 24.6. The Balaban J connectivity index is 2.62. The number of ether oxygens (including phenoxy) is 1. The molecule has 0 aliphatic rings. The minimum Gasteiger partial charge on any atom is -0.462 e. The van der Waals surface area contributed by atoms with E-state index < -0.39 is 5.97 Å². The first kappa shape index (κ1) is 13.1. The van der Waals surface area contributed by atoms with E-state index in [1.807, 2.05) is 12.1 Å². The Kier molecular flexibility index (Phi) is 3.85. The molecule has 0 aliphatic carbocycles. The Morgan fingerprint density at radius 3 is 2.53 bits per heavy atom. The molecule has 98 valence electrons. The fourth-order valence-corrected chi connectivity index (χ4v) is 1.88. The number of hydrogen-bond acceptors (Lipinski definition) is 5. The summed E-state index contributed by atoms with van der Waals surface area (Å²) in [5.41, 5.74) is 2.45. The third kappa shape index (κ3) is 2.76. The van der Waals surface area contributed by atoms with Gasteiger partial charge in [-0.05, 0) is 32.9 Å². The van der Waals surface area contributed by atoms with Crippen LogP contribution in [0, 0.1) is 13.8 Å². The zero-order valence-corrected chi connectivity index (χ0v) is 11.2. The van der Waals surface area contributed by atoms with Crippen LogP contribution in [-0.2, 0) is 4.74 Å². The van der Waals surface area contributed by atoms with Gasteiger partial charge in [0, 0.05) is 18.0 Å². The van der Waals surface area contributed by atoms with E-state index in [-0.39, 0.29) is 0 Å². The van der Waals surface area contributed by atoms with Crippen LogP contribution in [0.3, 0.4) is 0 Å². The summed E-state index contributed by atoms with van der Waals surface area (Å²) in [6, 6.07) is 3.62. The van der Waals surface area contributed by atoms with Crippen LogP contribution in [0.25, 0.3) is 11.3 Å². The van der Waals surface area contributed by atoms with Crippen molar-refractivity contribution in [3.05, 3.63) is 41.6 Å². The Morgan fingerprint density at radius 2 is 1.89 bits per heavy atom. The molecule has 0 aromatic carbocycles. The number of nitrogens with zero attached hydrogens (tertiary/aromatic N) is 3. The highest BCUT2D eigenvalue weighted by atomic mass is 16.5. The number of rotatable bonds is 3. The number of pyridine rings is 1. The number of aromatic nitrogens is 3. The molecule has 2 aromatic heterocycles. The summed E-state index contributed by atoms with van der Waals surface area (Å²) in [7, 11) is 0. The maximum Gasteiger partial charge on any atom is 0.342 e. The van der Waals surface area contributed by atoms with Crippen molar-refractivity contribution in [1.29, 1.82) is 0 Å². The molecule has 2 rings (SSSR count). The Morgan fingerprint density at radius 1 is 1.21 bits per heavy atom. The summed E-state index contributed by atoms with van der Waals surface area (Å²) in [6.45, 7) is 5.68. The van der Waals surface area contributed by atoms with Crippen molar-refractivity contribution in [3.63, 3.8) is 0 Å². The average Bonchev–Trinajstić information content (AvgIpc) is 2.39. The largest absolute Gasteiger partial charge is 0.462 e. The predicted octanol–water partition coefficient (Wildman–Crippen LogP) is 2.33. The fourth-order valence-electron chi connectivity index (χ4n) is 1.88. The fraction of sp³-hybridized carbons (Fsp3) is 0.286. The Labute approximate surface area is 111 Å². The standard InChI is InChI=1S/C14H15N3O2/c1-4-19-14(18)12-9(2)16-10(3)17-13(12)11-5-7-15-8-6-11/h5-8H,4H2,1-3H3. The van der Waals surface area contributed by atoms with Gasteiger partial charge in [-0.2, -0.15) is 0 Å². The van der Waals surface area contributed by atoms with Crippen molar-refractivity contribution in [2.24, 2.45) is 0 Å². The number of hydrogen-bond donors (Lipinski definition) is 0. The normalized spacial score (nSPS) is 10.3. The van der Waals surface area contributed by atoms with Crippen LogP contribution in [0.15, 0.2) is 24.5 Å². The molecular weight excluding hydrogens is 242 g/mol. The lowest BCUT2D eigenvalue weighted by Crippen LogP contribution is -2.12. The molecule has 0 amide bonds. The quantitative estimate of drug-likeness (QED) is 0.789. The number of aryl methyl sites for hydroxylation is 2. The zero-order valence-electron chi connectivity index (χ0n) is 11.2. The minimum absolute atomic E-state index is 0.321. The smallest absolute Gasteiger partial charge is 0.342 e. The highest BCUT2D eigenvalue weighted by Gasteiger charge is 2.20. The van der Waals surface area contributed by atoms with E-state index in [2.05, 4.69) is 15.0 Å². The van der Waals surface area contributed by atoms with Crippen LogP contribution < -0.4 is 0 Å². The monoisotopic (exact) mass is 257 g/mol. The molecule has 0 radical (unpaired) electrons. The lowest BCUT2D eigenvalue weighted by atomic mass is 10.1. The number of carbonyl (C=O) groups excluding carboxylic acids is 1. The maximum atomic E-state index is 12.1. The molecule has 0 fully saturated rings. The summed E-state index contributed by atoms with van der Waals surface area (Å²) < 4.78 is 5.08. The van der Waals surface area contributed by atoms with Gasteiger partial charge in [0.1, 0.15) is 11.4 Å². The minimum atomic E-state index is -0.396. The highest BCUT2D eigenvalue weighted by Crippen LogP contribution is 2.23. The van der Waals surface area contributed by atoms with Crippen LogP contribution in [0.5, 0.6) is 0 Å². The van der Waals surface area contributed by atoms with Crippen molar-refractivity contribution >= 4 is 5.97 Å². The molecule has 0 N–H and O–H groups in total. The van der Waals surface area contributed by atoms with Crippen LogP contribution in [-0.4, -0.2) is 27.5 Å². The molecule has 19 heavy (non-hydrogen) atoms.